The molecule has 0 atom stereocenters. The quantitative estimate of drug-likeness (QED) is 0.469. The summed E-state index contributed by atoms with van der Waals surface area (Å²) in [5, 5.41) is 4.72. The zero-order valence-corrected chi connectivity index (χ0v) is 16.3. The number of hydrogen-bond acceptors (Lipinski definition) is 3. The third kappa shape index (κ3) is 6.52. The molecule has 0 aliphatic carbocycles. The van der Waals surface area contributed by atoms with Crippen LogP contribution in [-0.2, 0) is 4.79 Å². The molecule has 0 saturated carbocycles. The van der Waals surface area contributed by atoms with Gasteiger partial charge in [0, 0.05) is 4.47 Å². The van der Waals surface area contributed by atoms with E-state index in [0.29, 0.717) is 10.8 Å². The summed E-state index contributed by atoms with van der Waals surface area (Å²) in [5.41, 5.74) is 4.43. The summed E-state index contributed by atoms with van der Waals surface area (Å²) in [5.74, 6) is 0.127. The highest BCUT2D eigenvalue weighted by Gasteiger charge is 2.08. The van der Waals surface area contributed by atoms with Crippen molar-refractivity contribution < 1.29 is 9.53 Å². The molecule has 0 aliphatic heterocycles. The maximum absolute atomic E-state index is 12.0. The Morgan fingerprint density at radius 2 is 2.00 bits per heavy atom. The molecule has 4 nitrogen and oxygen atoms in total. The van der Waals surface area contributed by atoms with Gasteiger partial charge in [-0.25, -0.2) is 5.43 Å². The standard InChI is InChI=1S/C19H20BrClN2O2/c1-2-3-9-17(14-7-5-4-6-8-14)22-23-19(24)13-25-18-11-10-15(20)12-16(18)21/h4-8,10-12H,2-3,9,13H2,1H3,(H,23,24). The lowest BCUT2D eigenvalue weighted by molar-refractivity contribution is -0.123. The normalized spacial score (nSPS) is 11.2. The van der Waals surface area contributed by atoms with Crippen LogP contribution in [0.1, 0.15) is 31.7 Å². The smallest absolute Gasteiger partial charge is 0.277 e. The summed E-state index contributed by atoms with van der Waals surface area (Å²) in [7, 11) is 0. The molecule has 0 heterocycles. The first-order chi connectivity index (χ1) is 12.1. The van der Waals surface area contributed by atoms with Crippen molar-refractivity contribution in [3.8, 4) is 5.75 Å². The van der Waals surface area contributed by atoms with Gasteiger partial charge in [-0.05, 0) is 36.6 Å². The molecule has 2 rings (SSSR count). The molecule has 2 aromatic rings. The van der Waals surface area contributed by atoms with Crippen molar-refractivity contribution >= 4 is 39.1 Å². The molecule has 1 N–H and O–H groups in total. The van der Waals surface area contributed by atoms with Gasteiger partial charge >= 0.3 is 0 Å². The maximum Gasteiger partial charge on any atom is 0.277 e. The minimum atomic E-state index is -0.330. The van der Waals surface area contributed by atoms with Gasteiger partial charge in [-0.15, -0.1) is 0 Å². The molecule has 0 spiro atoms. The fraction of sp³-hybridized carbons (Fsp3) is 0.263. The molecule has 1 amide bonds. The lowest BCUT2D eigenvalue weighted by Crippen LogP contribution is -2.26. The molecule has 25 heavy (non-hydrogen) atoms. The van der Waals surface area contributed by atoms with Crippen LogP contribution in [0.15, 0.2) is 58.1 Å². The van der Waals surface area contributed by atoms with Gasteiger partial charge in [-0.3, -0.25) is 4.79 Å². The number of nitrogens with one attached hydrogen (secondary N) is 1. The van der Waals surface area contributed by atoms with Crippen LogP contribution in [0.4, 0.5) is 0 Å². The molecule has 0 aliphatic rings. The van der Waals surface area contributed by atoms with Crippen LogP contribution < -0.4 is 10.2 Å². The molecule has 0 aromatic heterocycles. The Labute approximate surface area is 161 Å². The first kappa shape index (κ1) is 19.5. The lowest BCUT2D eigenvalue weighted by atomic mass is 10.1. The van der Waals surface area contributed by atoms with Gasteiger partial charge in [-0.1, -0.05) is 71.2 Å². The zero-order chi connectivity index (χ0) is 18.1. The average Bonchev–Trinajstić information content (AvgIpc) is 2.62. The SMILES string of the molecule is CCCCC(=NNC(=O)COc1ccc(Br)cc1Cl)c1ccccc1. The van der Waals surface area contributed by atoms with Crippen LogP contribution in [-0.4, -0.2) is 18.2 Å². The molecular formula is C19H20BrClN2O2. The fourth-order valence-corrected chi connectivity index (χ4v) is 2.87. The van der Waals surface area contributed by atoms with Gasteiger partial charge in [0.1, 0.15) is 5.75 Å². The fourth-order valence-electron chi connectivity index (χ4n) is 2.14. The predicted octanol–water partition coefficient (Wildman–Crippen LogP) is 5.19. The number of halogens is 2. The van der Waals surface area contributed by atoms with E-state index in [0.717, 1.165) is 35.0 Å². The van der Waals surface area contributed by atoms with E-state index in [-0.39, 0.29) is 12.5 Å². The summed E-state index contributed by atoms with van der Waals surface area (Å²) >= 11 is 9.39. The van der Waals surface area contributed by atoms with E-state index in [1.54, 1.807) is 18.2 Å². The molecule has 6 heteroatoms. The van der Waals surface area contributed by atoms with E-state index in [9.17, 15) is 4.79 Å². The van der Waals surface area contributed by atoms with Crippen LogP contribution in [0.3, 0.4) is 0 Å². The molecule has 0 fully saturated rings. The summed E-state index contributed by atoms with van der Waals surface area (Å²) in [4.78, 5) is 12.0. The Bertz CT molecular complexity index is 735. The number of carbonyl (C=O) groups excluding carboxylic acids is 1. The predicted molar refractivity (Wildman–Crippen MR) is 105 cm³/mol. The van der Waals surface area contributed by atoms with Crippen LogP contribution in [0, 0.1) is 0 Å². The molecule has 132 valence electrons. The number of hydrazone groups is 1. The lowest BCUT2D eigenvalue weighted by Gasteiger charge is -2.09. The minimum Gasteiger partial charge on any atom is -0.482 e. The van der Waals surface area contributed by atoms with E-state index < -0.39 is 0 Å². The maximum atomic E-state index is 12.0. The van der Waals surface area contributed by atoms with Gasteiger partial charge in [0.15, 0.2) is 6.61 Å². The van der Waals surface area contributed by atoms with Gasteiger partial charge in [-0.2, -0.15) is 5.10 Å². The van der Waals surface area contributed by atoms with Gasteiger partial charge in [0.05, 0.1) is 10.7 Å². The van der Waals surface area contributed by atoms with Gasteiger partial charge in [0.25, 0.3) is 5.91 Å². The number of unbranched alkanes of at least 4 members (excludes halogenated alkanes) is 1. The monoisotopic (exact) mass is 422 g/mol. The van der Waals surface area contributed by atoms with Crippen LogP contribution >= 0.6 is 27.5 Å². The first-order valence-electron chi connectivity index (χ1n) is 8.09. The Kier molecular flexibility index (Phi) is 7.95. The number of rotatable bonds is 8. The average molecular weight is 424 g/mol. The Hall–Kier alpha value is -1.85. The number of ether oxygens (including phenoxy) is 1. The van der Waals surface area contributed by atoms with Crippen LogP contribution in [0.25, 0.3) is 0 Å². The van der Waals surface area contributed by atoms with Crippen molar-refractivity contribution in [2.75, 3.05) is 6.61 Å². The highest BCUT2D eigenvalue weighted by atomic mass is 79.9. The Balaban J connectivity index is 1.96. The second-order valence-electron chi connectivity index (χ2n) is 5.43. The highest BCUT2D eigenvalue weighted by Crippen LogP contribution is 2.27. The molecule has 0 radical (unpaired) electrons. The van der Waals surface area contributed by atoms with Crippen molar-refractivity contribution in [2.45, 2.75) is 26.2 Å². The van der Waals surface area contributed by atoms with Gasteiger partial charge < -0.3 is 4.74 Å². The second-order valence-corrected chi connectivity index (χ2v) is 6.75. The number of hydrogen-bond donors (Lipinski definition) is 1. The summed E-state index contributed by atoms with van der Waals surface area (Å²) < 4.78 is 6.29. The van der Waals surface area contributed by atoms with Crippen LogP contribution in [0.5, 0.6) is 5.75 Å². The Morgan fingerprint density at radius 1 is 1.24 bits per heavy atom. The number of nitrogens with zero attached hydrogens (tertiary/aromatic N) is 1. The van der Waals surface area contributed by atoms with Crippen molar-refractivity contribution in [1.82, 2.24) is 5.43 Å². The summed E-state index contributed by atoms with van der Waals surface area (Å²) in [6.45, 7) is 1.97. The number of benzene rings is 2. The molecule has 0 saturated heterocycles. The molecule has 0 unspecified atom stereocenters. The van der Waals surface area contributed by atoms with Crippen molar-refractivity contribution in [3.05, 3.63) is 63.6 Å². The number of amides is 1. The second kappa shape index (κ2) is 10.2. The molecule has 2 aromatic carbocycles. The molecular weight excluding hydrogens is 404 g/mol. The van der Waals surface area contributed by atoms with Crippen molar-refractivity contribution in [3.63, 3.8) is 0 Å². The van der Waals surface area contributed by atoms with Crippen molar-refractivity contribution in [1.29, 1.82) is 0 Å². The summed E-state index contributed by atoms with van der Waals surface area (Å²) in [6.07, 6.45) is 2.87. The third-order valence-corrected chi connectivity index (χ3v) is 4.23. The van der Waals surface area contributed by atoms with E-state index in [2.05, 4.69) is 33.4 Å². The third-order valence-electron chi connectivity index (χ3n) is 3.44. The summed E-state index contributed by atoms with van der Waals surface area (Å²) in [6, 6.07) is 15.1. The minimum absolute atomic E-state index is 0.152. The van der Waals surface area contributed by atoms with E-state index in [4.69, 9.17) is 16.3 Å². The topological polar surface area (TPSA) is 50.7 Å². The highest BCUT2D eigenvalue weighted by molar-refractivity contribution is 9.10. The number of carbonyl (C=O) groups is 1. The first-order valence-corrected chi connectivity index (χ1v) is 9.26. The van der Waals surface area contributed by atoms with Crippen LogP contribution in [0.2, 0.25) is 5.02 Å². The van der Waals surface area contributed by atoms with Gasteiger partial charge in [0.2, 0.25) is 0 Å². The van der Waals surface area contributed by atoms with E-state index in [1.807, 2.05) is 30.3 Å². The largest absolute Gasteiger partial charge is 0.482 e. The van der Waals surface area contributed by atoms with E-state index >= 15 is 0 Å². The zero-order valence-electron chi connectivity index (χ0n) is 14.0. The molecule has 0 bridgehead atoms. The Morgan fingerprint density at radius 3 is 2.68 bits per heavy atom. The van der Waals surface area contributed by atoms with E-state index in [1.165, 1.54) is 0 Å². The van der Waals surface area contributed by atoms with Crippen molar-refractivity contribution in [2.24, 2.45) is 5.10 Å².